The molecule has 0 spiro atoms. The molecule has 0 aromatic carbocycles. The maximum absolute atomic E-state index is 5.76. The van der Waals surface area contributed by atoms with Crippen molar-refractivity contribution in [2.45, 2.75) is 20.8 Å². The summed E-state index contributed by atoms with van der Waals surface area (Å²) in [5.74, 6) is 2.12. The van der Waals surface area contributed by atoms with Crippen molar-refractivity contribution in [3.63, 3.8) is 0 Å². The van der Waals surface area contributed by atoms with Gasteiger partial charge < -0.3 is 10.5 Å². The molecule has 17 heavy (non-hydrogen) atoms. The first-order valence-corrected chi connectivity index (χ1v) is 5.26. The number of nitrogen functional groups attached to an aromatic ring is 1. The van der Waals surface area contributed by atoms with Crippen LogP contribution >= 0.6 is 0 Å². The van der Waals surface area contributed by atoms with Gasteiger partial charge in [0, 0.05) is 13.1 Å². The fourth-order valence-electron chi connectivity index (χ4n) is 1.50. The second kappa shape index (κ2) is 4.04. The van der Waals surface area contributed by atoms with E-state index in [0.717, 1.165) is 11.3 Å². The molecule has 0 amide bonds. The van der Waals surface area contributed by atoms with Crippen LogP contribution in [0.2, 0.25) is 0 Å². The second-order valence-corrected chi connectivity index (χ2v) is 3.94. The number of aryl methyl sites for hydroxylation is 3. The van der Waals surface area contributed by atoms with Crippen LogP contribution < -0.4 is 10.5 Å². The number of aromatic nitrogens is 4. The SMILES string of the molecule is Cc1cc(Oc2nc(C)nc(N)c2C)n(C)n1. The highest BCUT2D eigenvalue weighted by molar-refractivity contribution is 5.45. The van der Waals surface area contributed by atoms with E-state index in [1.165, 1.54) is 0 Å². The van der Waals surface area contributed by atoms with Gasteiger partial charge >= 0.3 is 0 Å². The molecule has 2 aromatic rings. The highest BCUT2D eigenvalue weighted by Gasteiger charge is 2.11. The van der Waals surface area contributed by atoms with Crippen LogP contribution in [0.1, 0.15) is 17.1 Å². The Morgan fingerprint density at radius 1 is 1.24 bits per heavy atom. The van der Waals surface area contributed by atoms with Crippen LogP contribution in [0.15, 0.2) is 6.07 Å². The Balaban J connectivity index is 2.39. The number of anilines is 1. The van der Waals surface area contributed by atoms with Gasteiger partial charge in [0.25, 0.3) is 0 Å². The highest BCUT2D eigenvalue weighted by Crippen LogP contribution is 2.25. The third kappa shape index (κ3) is 2.20. The molecule has 6 nitrogen and oxygen atoms in total. The van der Waals surface area contributed by atoms with Gasteiger partial charge in [-0.1, -0.05) is 0 Å². The van der Waals surface area contributed by atoms with Gasteiger partial charge in [-0.3, -0.25) is 0 Å². The first-order chi connectivity index (χ1) is 7.97. The van der Waals surface area contributed by atoms with Gasteiger partial charge in [0.1, 0.15) is 11.6 Å². The van der Waals surface area contributed by atoms with Crippen molar-refractivity contribution in [1.82, 2.24) is 19.7 Å². The second-order valence-electron chi connectivity index (χ2n) is 3.94. The van der Waals surface area contributed by atoms with Crippen LogP contribution in [0.3, 0.4) is 0 Å². The third-order valence-electron chi connectivity index (χ3n) is 2.41. The van der Waals surface area contributed by atoms with Crippen molar-refractivity contribution in [3.05, 3.63) is 23.1 Å². The van der Waals surface area contributed by atoms with Gasteiger partial charge in [-0.25, -0.2) is 9.67 Å². The molecular weight excluding hydrogens is 218 g/mol. The lowest BCUT2D eigenvalue weighted by Crippen LogP contribution is -2.04. The number of rotatable bonds is 2. The molecule has 0 atom stereocenters. The van der Waals surface area contributed by atoms with E-state index in [9.17, 15) is 0 Å². The highest BCUT2D eigenvalue weighted by atomic mass is 16.5. The summed E-state index contributed by atoms with van der Waals surface area (Å²) in [5, 5.41) is 4.20. The largest absolute Gasteiger partial charge is 0.420 e. The molecule has 0 bridgehead atoms. The van der Waals surface area contributed by atoms with Crippen LogP contribution in [0.25, 0.3) is 0 Å². The van der Waals surface area contributed by atoms with Crippen molar-refractivity contribution in [2.24, 2.45) is 7.05 Å². The molecule has 0 saturated heterocycles. The Bertz CT molecular complexity index is 561. The number of hydrogen-bond acceptors (Lipinski definition) is 5. The zero-order valence-corrected chi connectivity index (χ0v) is 10.4. The molecule has 2 N–H and O–H groups in total. The molecule has 0 aliphatic heterocycles. The molecule has 2 rings (SSSR count). The first kappa shape index (κ1) is 11.4. The van der Waals surface area contributed by atoms with Crippen molar-refractivity contribution in [1.29, 1.82) is 0 Å². The topological polar surface area (TPSA) is 78.9 Å². The van der Waals surface area contributed by atoms with Crippen LogP contribution in [0, 0.1) is 20.8 Å². The van der Waals surface area contributed by atoms with E-state index < -0.39 is 0 Å². The lowest BCUT2D eigenvalue weighted by atomic mass is 10.3. The van der Waals surface area contributed by atoms with Crippen LogP contribution in [0.4, 0.5) is 5.82 Å². The Morgan fingerprint density at radius 2 is 1.94 bits per heavy atom. The van der Waals surface area contributed by atoms with Gasteiger partial charge in [0.15, 0.2) is 0 Å². The van der Waals surface area contributed by atoms with Crippen molar-refractivity contribution in [3.8, 4) is 11.8 Å². The standard InChI is InChI=1S/C11H15N5O/c1-6-5-9(16(4)15-6)17-11-7(2)10(12)13-8(3)14-11/h5H,1-4H3,(H2,12,13,14). The summed E-state index contributed by atoms with van der Waals surface area (Å²) in [6.07, 6.45) is 0. The minimum Gasteiger partial charge on any atom is -0.420 e. The van der Waals surface area contributed by atoms with E-state index in [1.807, 2.05) is 27.0 Å². The molecule has 90 valence electrons. The van der Waals surface area contributed by atoms with Gasteiger partial charge in [-0.15, -0.1) is 0 Å². The summed E-state index contributed by atoms with van der Waals surface area (Å²) in [7, 11) is 1.81. The average Bonchev–Trinajstić information content (AvgIpc) is 2.53. The molecular formula is C11H15N5O. The molecule has 0 radical (unpaired) electrons. The smallest absolute Gasteiger partial charge is 0.229 e. The average molecular weight is 233 g/mol. The quantitative estimate of drug-likeness (QED) is 0.850. The molecule has 2 heterocycles. The normalized spacial score (nSPS) is 10.6. The molecule has 0 aliphatic rings. The number of nitrogens with zero attached hydrogens (tertiary/aromatic N) is 4. The zero-order chi connectivity index (χ0) is 12.6. The summed E-state index contributed by atoms with van der Waals surface area (Å²) in [6.45, 7) is 5.50. The van der Waals surface area contributed by atoms with Crippen LogP contribution in [0.5, 0.6) is 11.8 Å². The summed E-state index contributed by atoms with van der Waals surface area (Å²) in [6, 6.07) is 1.84. The zero-order valence-electron chi connectivity index (χ0n) is 10.4. The van der Waals surface area contributed by atoms with Gasteiger partial charge in [0.05, 0.1) is 11.3 Å². The van der Waals surface area contributed by atoms with E-state index in [2.05, 4.69) is 15.1 Å². The monoisotopic (exact) mass is 233 g/mol. The molecule has 0 fully saturated rings. The minimum atomic E-state index is 0.436. The van der Waals surface area contributed by atoms with Crippen molar-refractivity contribution >= 4 is 5.82 Å². The van der Waals surface area contributed by atoms with Crippen LogP contribution in [-0.2, 0) is 7.05 Å². The summed E-state index contributed by atoms with van der Waals surface area (Å²) >= 11 is 0. The van der Waals surface area contributed by atoms with Gasteiger partial charge in [-0.2, -0.15) is 10.1 Å². The van der Waals surface area contributed by atoms with Gasteiger partial charge in [0.2, 0.25) is 11.8 Å². The van der Waals surface area contributed by atoms with E-state index in [1.54, 1.807) is 11.6 Å². The van der Waals surface area contributed by atoms with E-state index in [4.69, 9.17) is 10.5 Å². The van der Waals surface area contributed by atoms with Crippen LogP contribution in [-0.4, -0.2) is 19.7 Å². The van der Waals surface area contributed by atoms with E-state index >= 15 is 0 Å². The van der Waals surface area contributed by atoms with Crippen molar-refractivity contribution < 1.29 is 4.74 Å². The first-order valence-electron chi connectivity index (χ1n) is 5.26. The Kier molecular flexibility index (Phi) is 2.71. The predicted octanol–water partition coefficient (Wildman–Crippen LogP) is 1.51. The molecule has 0 saturated carbocycles. The third-order valence-corrected chi connectivity index (χ3v) is 2.41. The lowest BCUT2D eigenvalue weighted by molar-refractivity contribution is 0.410. The summed E-state index contributed by atoms with van der Waals surface area (Å²) < 4.78 is 7.35. The fraction of sp³-hybridized carbons (Fsp3) is 0.364. The lowest BCUT2D eigenvalue weighted by Gasteiger charge is -2.09. The molecule has 0 aliphatic carbocycles. The Hall–Kier alpha value is -2.11. The molecule has 2 aromatic heterocycles. The number of hydrogen-bond donors (Lipinski definition) is 1. The number of ether oxygens (including phenoxy) is 1. The predicted molar refractivity (Wildman–Crippen MR) is 63.9 cm³/mol. The van der Waals surface area contributed by atoms with Crippen molar-refractivity contribution in [2.75, 3.05) is 5.73 Å². The van der Waals surface area contributed by atoms with E-state index in [0.29, 0.717) is 23.4 Å². The Morgan fingerprint density at radius 3 is 2.53 bits per heavy atom. The molecule has 0 unspecified atom stereocenters. The maximum atomic E-state index is 5.76. The minimum absolute atomic E-state index is 0.436. The maximum Gasteiger partial charge on any atom is 0.229 e. The fourth-order valence-corrected chi connectivity index (χ4v) is 1.50. The summed E-state index contributed by atoms with van der Waals surface area (Å²) in [4.78, 5) is 8.29. The summed E-state index contributed by atoms with van der Waals surface area (Å²) in [5.41, 5.74) is 7.38. The molecule has 6 heteroatoms. The number of nitrogens with two attached hydrogens (primary N) is 1. The van der Waals surface area contributed by atoms with Gasteiger partial charge in [-0.05, 0) is 20.8 Å². The van der Waals surface area contributed by atoms with E-state index in [-0.39, 0.29) is 0 Å². The Labute approximate surface area is 99.4 Å².